The fraction of sp³-hybridized carbons (Fsp3) is 0.200. The van der Waals surface area contributed by atoms with Gasteiger partial charge in [0.05, 0.1) is 25.6 Å². The Hall–Kier alpha value is -4.07. The average molecular weight is 448 g/mol. The number of nitrogens with zero attached hydrogens (tertiary/aromatic N) is 3. The Labute approximate surface area is 191 Å². The smallest absolute Gasteiger partial charge is 0.257 e. The van der Waals surface area contributed by atoms with Gasteiger partial charge in [-0.05, 0) is 73.5 Å². The topological polar surface area (TPSA) is 70.3 Å². The Balaban J connectivity index is 1.61. The normalized spacial score (nSPS) is 10.8. The first-order chi connectivity index (χ1) is 16.0. The third-order valence-corrected chi connectivity index (χ3v) is 5.35. The highest BCUT2D eigenvalue weighted by atomic mass is 19.1. The van der Waals surface area contributed by atoms with Crippen LogP contribution < -0.4 is 14.8 Å². The number of carbonyl (C=O) groups is 1. The van der Waals surface area contributed by atoms with Crippen molar-refractivity contribution in [2.24, 2.45) is 0 Å². The van der Waals surface area contributed by atoms with Gasteiger partial charge in [-0.3, -0.25) is 4.79 Å². The molecule has 0 aliphatic rings. The van der Waals surface area contributed by atoms with E-state index in [1.54, 1.807) is 38.0 Å². The number of ether oxygens (including phenoxy) is 2. The molecule has 1 amide bonds. The molecule has 7 nitrogen and oxygen atoms in total. The number of aromatic nitrogens is 3. The minimum Gasteiger partial charge on any atom is -0.497 e. The molecule has 0 radical (unpaired) electrons. The number of halogens is 1. The average Bonchev–Trinajstić information content (AvgIpc) is 3.47. The van der Waals surface area contributed by atoms with E-state index in [0.717, 1.165) is 17.1 Å². The van der Waals surface area contributed by atoms with E-state index < -0.39 is 0 Å². The lowest BCUT2D eigenvalue weighted by atomic mass is 10.1. The molecule has 0 bridgehead atoms. The Morgan fingerprint density at radius 3 is 2.45 bits per heavy atom. The summed E-state index contributed by atoms with van der Waals surface area (Å²) in [6.45, 7) is 2.18. The minimum absolute atomic E-state index is 0.244. The fourth-order valence-corrected chi connectivity index (χ4v) is 3.73. The van der Waals surface area contributed by atoms with Gasteiger partial charge in [0.15, 0.2) is 5.82 Å². The van der Waals surface area contributed by atoms with Crippen LogP contribution in [0.2, 0.25) is 0 Å². The zero-order valence-electron chi connectivity index (χ0n) is 18.7. The van der Waals surface area contributed by atoms with Gasteiger partial charge in [0.25, 0.3) is 5.91 Å². The van der Waals surface area contributed by atoms with Crippen LogP contribution in [-0.2, 0) is 6.42 Å². The van der Waals surface area contributed by atoms with E-state index in [2.05, 4.69) is 10.4 Å². The highest BCUT2D eigenvalue weighted by Gasteiger charge is 2.23. The molecule has 0 saturated carbocycles. The van der Waals surface area contributed by atoms with Gasteiger partial charge in [-0.1, -0.05) is 0 Å². The summed E-state index contributed by atoms with van der Waals surface area (Å²) in [7, 11) is 3.22. The lowest BCUT2D eigenvalue weighted by Crippen LogP contribution is -2.27. The van der Waals surface area contributed by atoms with Crippen LogP contribution in [0.3, 0.4) is 0 Å². The molecular formula is C25H25FN4O3. The Morgan fingerprint density at radius 2 is 1.79 bits per heavy atom. The molecule has 4 aromatic rings. The number of methoxy groups -OCH3 is 2. The second-order valence-corrected chi connectivity index (χ2v) is 7.45. The Morgan fingerprint density at radius 1 is 1.06 bits per heavy atom. The van der Waals surface area contributed by atoms with E-state index in [1.165, 1.54) is 12.1 Å². The molecule has 0 fully saturated rings. The number of benzene rings is 2. The maximum atomic E-state index is 13.5. The van der Waals surface area contributed by atoms with Crippen molar-refractivity contribution in [1.29, 1.82) is 0 Å². The second-order valence-electron chi connectivity index (χ2n) is 7.45. The maximum Gasteiger partial charge on any atom is 0.257 e. The second kappa shape index (κ2) is 9.60. The summed E-state index contributed by atoms with van der Waals surface area (Å²) in [5.74, 6) is 1.46. The van der Waals surface area contributed by atoms with Crippen LogP contribution in [0.25, 0.3) is 11.5 Å². The molecule has 2 aromatic heterocycles. The van der Waals surface area contributed by atoms with Crippen LogP contribution in [0.4, 0.5) is 4.39 Å². The number of hydrogen-bond acceptors (Lipinski definition) is 4. The van der Waals surface area contributed by atoms with Crippen molar-refractivity contribution in [1.82, 2.24) is 19.7 Å². The lowest BCUT2D eigenvalue weighted by molar-refractivity contribution is 0.0953. The molecule has 0 aliphatic heterocycles. The molecule has 0 aliphatic carbocycles. The molecule has 2 heterocycles. The number of aryl methyl sites for hydroxylation is 1. The van der Waals surface area contributed by atoms with Gasteiger partial charge >= 0.3 is 0 Å². The van der Waals surface area contributed by atoms with Crippen LogP contribution in [0.1, 0.15) is 21.6 Å². The number of hydrogen-bond donors (Lipinski definition) is 1. The minimum atomic E-state index is -0.337. The van der Waals surface area contributed by atoms with E-state index in [9.17, 15) is 9.18 Å². The summed E-state index contributed by atoms with van der Waals surface area (Å²) >= 11 is 0. The number of amides is 1. The van der Waals surface area contributed by atoms with Crippen LogP contribution in [-0.4, -0.2) is 41.0 Å². The quantitative estimate of drug-likeness (QED) is 0.441. The molecule has 8 heteroatoms. The van der Waals surface area contributed by atoms with Gasteiger partial charge in [-0.15, -0.1) is 0 Å². The van der Waals surface area contributed by atoms with Crippen molar-refractivity contribution >= 4 is 5.91 Å². The number of rotatable bonds is 8. The van der Waals surface area contributed by atoms with Crippen molar-refractivity contribution in [3.8, 4) is 23.0 Å². The van der Waals surface area contributed by atoms with Gasteiger partial charge in [0.2, 0.25) is 0 Å². The zero-order chi connectivity index (χ0) is 23.4. The number of carbonyl (C=O) groups excluding carboxylic acids is 1. The first-order valence-corrected chi connectivity index (χ1v) is 10.5. The summed E-state index contributed by atoms with van der Waals surface area (Å²) in [5.41, 5.74) is 2.61. The van der Waals surface area contributed by atoms with Gasteiger partial charge in [0.1, 0.15) is 22.9 Å². The van der Waals surface area contributed by atoms with Crippen molar-refractivity contribution in [3.63, 3.8) is 0 Å². The predicted molar refractivity (Wildman–Crippen MR) is 123 cm³/mol. The van der Waals surface area contributed by atoms with E-state index in [0.29, 0.717) is 35.7 Å². The molecule has 0 spiro atoms. The van der Waals surface area contributed by atoms with E-state index in [1.807, 2.05) is 47.3 Å². The van der Waals surface area contributed by atoms with Crippen LogP contribution in [0.5, 0.6) is 11.5 Å². The predicted octanol–water partition coefficient (Wildman–Crippen LogP) is 4.10. The third-order valence-electron chi connectivity index (χ3n) is 5.35. The van der Waals surface area contributed by atoms with E-state index in [-0.39, 0.29) is 11.7 Å². The SMILES string of the molecule is COc1ccc(OC)c(CCNC(=O)c2c(C)nn(-c3ccc(F)cc3)c2-n2cccc2)c1. The summed E-state index contributed by atoms with van der Waals surface area (Å²) in [4.78, 5) is 13.3. The van der Waals surface area contributed by atoms with Crippen LogP contribution in [0, 0.1) is 12.7 Å². The van der Waals surface area contributed by atoms with Gasteiger partial charge < -0.3 is 19.4 Å². The highest BCUT2D eigenvalue weighted by molar-refractivity contribution is 5.98. The monoisotopic (exact) mass is 448 g/mol. The zero-order valence-corrected chi connectivity index (χ0v) is 18.7. The first kappa shape index (κ1) is 22.1. The molecule has 0 saturated heterocycles. The van der Waals surface area contributed by atoms with Gasteiger partial charge in [-0.25, -0.2) is 9.07 Å². The van der Waals surface area contributed by atoms with Crippen molar-refractivity contribution < 1.29 is 18.7 Å². The Kier molecular flexibility index (Phi) is 6.44. The first-order valence-electron chi connectivity index (χ1n) is 10.5. The van der Waals surface area contributed by atoms with Gasteiger partial charge in [0, 0.05) is 18.9 Å². The number of nitrogens with one attached hydrogen (secondary N) is 1. The lowest BCUT2D eigenvalue weighted by Gasteiger charge is -2.13. The summed E-state index contributed by atoms with van der Waals surface area (Å²) in [6, 6.07) is 15.3. The largest absolute Gasteiger partial charge is 0.497 e. The molecular weight excluding hydrogens is 423 g/mol. The summed E-state index contributed by atoms with van der Waals surface area (Å²) in [6.07, 6.45) is 4.25. The Bertz CT molecular complexity index is 1250. The summed E-state index contributed by atoms with van der Waals surface area (Å²) < 4.78 is 27.6. The van der Waals surface area contributed by atoms with Crippen molar-refractivity contribution in [3.05, 3.63) is 89.6 Å². The molecule has 170 valence electrons. The highest BCUT2D eigenvalue weighted by Crippen LogP contribution is 2.25. The molecule has 4 rings (SSSR count). The fourth-order valence-electron chi connectivity index (χ4n) is 3.73. The van der Waals surface area contributed by atoms with Crippen molar-refractivity contribution in [2.75, 3.05) is 20.8 Å². The summed E-state index contributed by atoms with van der Waals surface area (Å²) in [5, 5.41) is 7.57. The van der Waals surface area contributed by atoms with Gasteiger partial charge in [-0.2, -0.15) is 5.10 Å². The third kappa shape index (κ3) is 4.59. The maximum absolute atomic E-state index is 13.5. The molecule has 0 unspecified atom stereocenters. The van der Waals surface area contributed by atoms with Crippen LogP contribution >= 0.6 is 0 Å². The molecule has 0 atom stereocenters. The standard InChI is InChI=1S/C25H25FN4O3/c1-17-23(24(31)27-13-12-18-16-21(32-2)10-11-22(18)33-3)25(29-14-4-5-15-29)30(28-17)20-8-6-19(26)7-9-20/h4-11,14-16H,12-13H2,1-3H3,(H,27,31). The van der Waals surface area contributed by atoms with E-state index >= 15 is 0 Å². The van der Waals surface area contributed by atoms with Crippen molar-refractivity contribution in [2.45, 2.75) is 13.3 Å². The van der Waals surface area contributed by atoms with E-state index in [4.69, 9.17) is 9.47 Å². The molecule has 1 N–H and O–H groups in total. The van der Waals surface area contributed by atoms with Crippen LogP contribution in [0.15, 0.2) is 67.0 Å². The molecule has 33 heavy (non-hydrogen) atoms. The molecule has 2 aromatic carbocycles.